The second-order valence-electron chi connectivity index (χ2n) is 16.1. The number of rotatable bonds is 38. The van der Waals surface area contributed by atoms with Gasteiger partial charge in [-0.1, -0.05) is 160 Å². The Hall–Kier alpha value is -1.87. The van der Waals surface area contributed by atoms with Crippen molar-refractivity contribution in [1.29, 1.82) is 0 Å². The van der Waals surface area contributed by atoms with Gasteiger partial charge in [0.15, 0.2) is 12.4 Å². The van der Waals surface area contributed by atoms with Gasteiger partial charge in [-0.15, -0.1) is 0 Å². The van der Waals surface area contributed by atoms with Gasteiger partial charge in [-0.3, -0.25) is 14.1 Å². The van der Waals surface area contributed by atoms with Gasteiger partial charge in [-0.05, 0) is 44.9 Å². The van der Waals surface area contributed by atoms with E-state index in [9.17, 15) is 37.9 Å². The molecule has 0 aromatic carbocycles. The molecule has 1 saturated heterocycles. The number of hydrogen-bond donors (Lipinski definition) is 4. The SMILES string of the molecule is CCCCC/C=C/C/C=C/CCCCCCCC(=O)O[C@H](COC(=O)CCCCCCCCCCCCCCCCC)CO[C@H]1O[C@H](CS(=O)(=O)O)[C@@H](O)C(O)C1O. The van der Waals surface area contributed by atoms with Crippen molar-refractivity contribution in [2.24, 2.45) is 0 Å². The third-order valence-electron chi connectivity index (χ3n) is 10.5. The van der Waals surface area contributed by atoms with E-state index in [-0.39, 0.29) is 19.4 Å². The molecule has 4 N–H and O–H groups in total. The number of aliphatic hydroxyl groups is 3. The molecule has 0 radical (unpaired) electrons. The summed E-state index contributed by atoms with van der Waals surface area (Å²) >= 11 is 0. The van der Waals surface area contributed by atoms with E-state index in [4.69, 9.17) is 18.9 Å². The minimum absolute atomic E-state index is 0.151. The van der Waals surface area contributed by atoms with Gasteiger partial charge in [0.25, 0.3) is 10.1 Å². The minimum atomic E-state index is -4.60. The van der Waals surface area contributed by atoms with Crippen LogP contribution in [0.2, 0.25) is 0 Å². The lowest BCUT2D eigenvalue weighted by atomic mass is 10.00. The summed E-state index contributed by atoms with van der Waals surface area (Å²) in [5.74, 6) is -1.99. The highest BCUT2D eigenvalue weighted by Gasteiger charge is 2.46. The third-order valence-corrected chi connectivity index (χ3v) is 11.3. The van der Waals surface area contributed by atoms with Crippen LogP contribution in [0.3, 0.4) is 0 Å². The maximum Gasteiger partial charge on any atom is 0.306 e. The van der Waals surface area contributed by atoms with Gasteiger partial charge in [0, 0.05) is 12.8 Å². The molecule has 1 rings (SSSR count). The molecule has 1 heterocycles. The second-order valence-corrected chi connectivity index (χ2v) is 17.6. The van der Waals surface area contributed by atoms with Gasteiger partial charge in [0.2, 0.25) is 0 Å². The Morgan fingerprint density at radius 2 is 1.03 bits per heavy atom. The van der Waals surface area contributed by atoms with Crippen LogP contribution in [0.15, 0.2) is 24.3 Å². The van der Waals surface area contributed by atoms with Crippen LogP contribution in [0.4, 0.5) is 0 Å². The van der Waals surface area contributed by atoms with Crippen LogP contribution in [-0.2, 0) is 38.7 Å². The van der Waals surface area contributed by atoms with E-state index < -0.39 is 71.2 Å². The largest absolute Gasteiger partial charge is 0.462 e. The number of unbranched alkanes of at least 4 members (excludes halogenated alkanes) is 22. The summed E-state index contributed by atoms with van der Waals surface area (Å²) in [5, 5.41) is 30.9. The van der Waals surface area contributed by atoms with Crippen LogP contribution in [0.25, 0.3) is 0 Å². The van der Waals surface area contributed by atoms with Crippen molar-refractivity contribution in [3.63, 3.8) is 0 Å². The van der Waals surface area contributed by atoms with Gasteiger partial charge < -0.3 is 34.3 Å². The summed E-state index contributed by atoms with van der Waals surface area (Å²) in [6.07, 6.45) is 29.3. The number of allylic oxidation sites excluding steroid dienone is 4. The smallest absolute Gasteiger partial charge is 0.306 e. The zero-order chi connectivity index (χ0) is 42.7. The molecule has 0 aliphatic carbocycles. The third kappa shape index (κ3) is 30.2. The lowest BCUT2D eigenvalue weighted by Gasteiger charge is -2.40. The molecule has 0 aromatic heterocycles. The zero-order valence-electron chi connectivity index (χ0n) is 36.2. The number of carbonyl (C=O) groups excluding carboxylic acids is 2. The van der Waals surface area contributed by atoms with Crippen LogP contribution in [-0.4, -0.2) is 96.0 Å². The summed E-state index contributed by atoms with van der Waals surface area (Å²) in [4.78, 5) is 25.4. The van der Waals surface area contributed by atoms with Crippen LogP contribution in [0.5, 0.6) is 0 Å². The molecule has 0 aromatic rings. The maximum absolute atomic E-state index is 12.8. The number of carbonyl (C=O) groups is 2. The average Bonchev–Trinajstić information content (AvgIpc) is 3.18. The Morgan fingerprint density at radius 3 is 1.55 bits per heavy atom. The van der Waals surface area contributed by atoms with E-state index >= 15 is 0 Å². The Labute approximate surface area is 351 Å². The standard InChI is InChI=1S/C45H82O12S/c1-3-5-7-9-11-13-15-17-19-21-23-25-27-29-31-33-40(46)54-35-38(36-55-45-44(50)43(49)42(48)39(57-45)37-58(51,52)53)56-41(47)34-32-30-28-26-24-22-20-18-16-14-12-10-8-6-4-2/h12,14,18,20,38-39,42-45,48-50H,3-11,13,15-17,19,21-37H2,1-2H3,(H,51,52,53)/b14-12+,20-18+/t38-,39-,42-,43?,44?,45+/m1/s1. The van der Waals surface area contributed by atoms with Gasteiger partial charge in [0.1, 0.15) is 36.8 Å². The summed E-state index contributed by atoms with van der Waals surface area (Å²) in [7, 11) is -4.60. The van der Waals surface area contributed by atoms with Crippen LogP contribution >= 0.6 is 0 Å². The Bertz CT molecular complexity index is 1180. The Balaban J connectivity index is 2.45. The minimum Gasteiger partial charge on any atom is -0.462 e. The normalized spacial score (nSPS) is 20.6. The maximum atomic E-state index is 12.8. The molecule has 340 valence electrons. The highest BCUT2D eigenvalue weighted by Crippen LogP contribution is 2.24. The quantitative estimate of drug-likeness (QED) is 0.0200. The van der Waals surface area contributed by atoms with Gasteiger partial charge >= 0.3 is 11.9 Å². The average molecular weight is 847 g/mol. The number of ether oxygens (including phenoxy) is 4. The van der Waals surface area contributed by atoms with Crippen LogP contribution in [0, 0.1) is 0 Å². The summed E-state index contributed by atoms with van der Waals surface area (Å²) < 4.78 is 54.0. The second kappa shape index (κ2) is 35.8. The summed E-state index contributed by atoms with van der Waals surface area (Å²) in [6, 6.07) is 0. The van der Waals surface area contributed by atoms with E-state index in [1.165, 1.54) is 89.9 Å². The highest BCUT2D eigenvalue weighted by molar-refractivity contribution is 7.85. The van der Waals surface area contributed by atoms with Gasteiger partial charge in [0.05, 0.1) is 6.61 Å². The molecule has 6 atom stereocenters. The summed E-state index contributed by atoms with van der Waals surface area (Å²) in [5.41, 5.74) is 0. The predicted molar refractivity (Wildman–Crippen MR) is 229 cm³/mol. The van der Waals surface area contributed by atoms with Gasteiger partial charge in [-0.2, -0.15) is 8.42 Å². The lowest BCUT2D eigenvalue weighted by Crippen LogP contribution is -2.60. The fourth-order valence-corrected chi connectivity index (χ4v) is 7.63. The molecule has 2 unspecified atom stereocenters. The van der Waals surface area contributed by atoms with Crippen molar-refractivity contribution in [1.82, 2.24) is 0 Å². The number of aliphatic hydroxyl groups excluding tert-OH is 3. The first-order chi connectivity index (χ1) is 28.0. The van der Waals surface area contributed by atoms with Gasteiger partial charge in [-0.25, -0.2) is 0 Å². The van der Waals surface area contributed by atoms with E-state index in [1.54, 1.807) is 0 Å². The first kappa shape index (κ1) is 54.1. The van der Waals surface area contributed by atoms with Crippen molar-refractivity contribution >= 4 is 22.1 Å². The van der Waals surface area contributed by atoms with E-state index in [0.29, 0.717) is 12.8 Å². The fourth-order valence-electron chi connectivity index (χ4n) is 6.94. The fraction of sp³-hybridized carbons (Fsp3) is 0.867. The molecule has 58 heavy (non-hydrogen) atoms. The molecule has 0 amide bonds. The topological polar surface area (TPSA) is 186 Å². The van der Waals surface area contributed by atoms with E-state index in [1.807, 2.05) is 0 Å². The Kier molecular flexibility index (Phi) is 33.5. The van der Waals surface area contributed by atoms with Crippen LogP contribution < -0.4 is 0 Å². The molecular weight excluding hydrogens is 765 g/mol. The molecule has 1 aliphatic heterocycles. The van der Waals surface area contributed by atoms with Crippen molar-refractivity contribution in [2.45, 2.75) is 230 Å². The van der Waals surface area contributed by atoms with Crippen molar-refractivity contribution in [2.75, 3.05) is 19.0 Å². The first-order valence-corrected chi connectivity index (χ1v) is 24.5. The molecular formula is C45H82O12S. The molecule has 1 aliphatic rings. The summed E-state index contributed by atoms with van der Waals surface area (Å²) in [6.45, 7) is 3.73. The predicted octanol–water partition coefficient (Wildman–Crippen LogP) is 9.23. The van der Waals surface area contributed by atoms with Crippen molar-refractivity contribution < 1.29 is 56.8 Å². The molecule has 12 nitrogen and oxygen atoms in total. The van der Waals surface area contributed by atoms with Crippen molar-refractivity contribution in [3.05, 3.63) is 24.3 Å². The lowest BCUT2D eigenvalue weighted by molar-refractivity contribution is -0.297. The molecule has 0 bridgehead atoms. The van der Waals surface area contributed by atoms with E-state index in [0.717, 1.165) is 64.2 Å². The number of esters is 2. The molecule has 1 fully saturated rings. The molecule has 0 spiro atoms. The monoisotopic (exact) mass is 847 g/mol. The number of hydrogen-bond acceptors (Lipinski definition) is 11. The molecule has 0 saturated carbocycles. The first-order valence-electron chi connectivity index (χ1n) is 22.9. The highest BCUT2D eigenvalue weighted by atomic mass is 32.2. The molecule has 13 heteroatoms. The zero-order valence-corrected chi connectivity index (χ0v) is 37.0. The van der Waals surface area contributed by atoms with E-state index in [2.05, 4.69) is 38.2 Å². The van der Waals surface area contributed by atoms with Crippen molar-refractivity contribution in [3.8, 4) is 0 Å². The Morgan fingerprint density at radius 1 is 0.586 bits per heavy atom. The van der Waals surface area contributed by atoms with Crippen LogP contribution in [0.1, 0.15) is 194 Å².